The molecule has 0 saturated carbocycles. The molecule has 0 saturated heterocycles. The van der Waals surface area contributed by atoms with Crippen LogP contribution in [0.3, 0.4) is 0 Å². The minimum atomic E-state index is 0.702. The smallest absolute Gasteiger partial charge is 0.143 e. The van der Waals surface area contributed by atoms with Gasteiger partial charge in [-0.25, -0.2) is 0 Å². The van der Waals surface area contributed by atoms with Crippen LogP contribution in [0.2, 0.25) is 0 Å². The number of allylic oxidation sites excluding steroid dienone is 1. The van der Waals surface area contributed by atoms with E-state index in [1.807, 2.05) is 36.4 Å². The molecule has 0 N–H and O–H groups in total. The van der Waals surface area contributed by atoms with Crippen LogP contribution in [0.4, 0.5) is 0 Å². The van der Waals surface area contributed by atoms with Gasteiger partial charge in [-0.2, -0.15) is 0 Å². The number of hydrogen-bond donors (Lipinski definition) is 0. The minimum Gasteiger partial charge on any atom is -0.464 e. The van der Waals surface area contributed by atoms with Crippen molar-refractivity contribution in [1.29, 1.82) is 0 Å². The Bertz CT molecular complexity index is 453. The summed E-state index contributed by atoms with van der Waals surface area (Å²) in [6.45, 7) is 0. The van der Waals surface area contributed by atoms with Crippen molar-refractivity contribution in [2.75, 3.05) is 0 Å². The minimum absolute atomic E-state index is 0.702. The highest BCUT2D eigenvalue weighted by Gasteiger charge is 2.06. The van der Waals surface area contributed by atoms with Gasteiger partial charge in [0.25, 0.3) is 0 Å². The van der Waals surface area contributed by atoms with Gasteiger partial charge in [-0.3, -0.25) is 4.79 Å². The van der Waals surface area contributed by atoms with Crippen molar-refractivity contribution < 1.29 is 9.21 Å². The second kappa shape index (κ2) is 4.42. The van der Waals surface area contributed by atoms with E-state index in [9.17, 15) is 4.79 Å². The molecule has 2 aromatic rings. The number of carbonyl (C=O) groups excluding carboxylic acids is 1. The maximum Gasteiger partial charge on any atom is 0.143 e. The number of aldehydes is 1. The highest BCUT2D eigenvalue weighted by molar-refractivity contribution is 5.87. The van der Waals surface area contributed by atoms with Crippen LogP contribution >= 0.6 is 0 Å². The normalized spacial score (nSPS) is 11.3. The molecular formula is C13H10O2. The number of carbonyl (C=O) groups is 1. The summed E-state index contributed by atoms with van der Waals surface area (Å²) in [5.41, 5.74) is 1.77. The number of furan rings is 1. The molecule has 0 aliphatic heterocycles. The predicted octanol–water partition coefficient (Wildman–Crippen LogP) is 2.91. The zero-order chi connectivity index (χ0) is 10.5. The van der Waals surface area contributed by atoms with Crippen LogP contribution < -0.4 is 0 Å². The third-order valence-electron chi connectivity index (χ3n) is 2.11. The molecule has 0 radical (unpaired) electrons. The molecule has 1 heterocycles. The van der Waals surface area contributed by atoms with Gasteiger partial charge in [0.05, 0.1) is 6.26 Å². The molecule has 0 fully saturated rings. The summed E-state index contributed by atoms with van der Waals surface area (Å²) in [5.74, 6) is 0.702. The molecular weight excluding hydrogens is 188 g/mol. The largest absolute Gasteiger partial charge is 0.464 e. The second-order valence-electron chi connectivity index (χ2n) is 3.06. The molecule has 2 heteroatoms. The summed E-state index contributed by atoms with van der Waals surface area (Å²) >= 11 is 0. The summed E-state index contributed by atoms with van der Waals surface area (Å²) < 4.78 is 5.28. The second-order valence-corrected chi connectivity index (χ2v) is 3.06. The lowest BCUT2D eigenvalue weighted by atomic mass is 10.0. The first-order valence-electron chi connectivity index (χ1n) is 4.66. The van der Waals surface area contributed by atoms with Crippen molar-refractivity contribution in [1.82, 2.24) is 0 Å². The quantitative estimate of drug-likeness (QED) is 0.560. The highest BCUT2D eigenvalue weighted by atomic mass is 16.3. The first-order chi connectivity index (χ1) is 7.42. The fourth-order valence-corrected chi connectivity index (χ4v) is 1.44. The van der Waals surface area contributed by atoms with Crippen LogP contribution in [0.25, 0.3) is 5.57 Å². The van der Waals surface area contributed by atoms with Crippen LogP contribution in [0.5, 0.6) is 0 Å². The average Bonchev–Trinajstić information content (AvgIpc) is 2.80. The van der Waals surface area contributed by atoms with Gasteiger partial charge in [0.15, 0.2) is 0 Å². The molecule has 2 rings (SSSR count). The molecule has 1 aromatic carbocycles. The Hall–Kier alpha value is -2.09. The highest BCUT2D eigenvalue weighted by Crippen LogP contribution is 2.22. The zero-order valence-corrected chi connectivity index (χ0v) is 8.09. The van der Waals surface area contributed by atoms with Crippen molar-refractivity contribution in [3.63, 3.8) is 0 Å². The van der Waals surface area contributed by atoms with Crippen molar-refractivity contribution >= 4 is 11.9 Å². The van der Waals surface area contributed by atoms with E-state index in [-0.39, 0.29) is 0 Å². The maximum atomic E-state index is 10.6. The summed E-state index contributed by atoms with van der Waals surface area (Å²) in [4.78, 5) is 10.6. The van der Waals surface area contributed by atoms with Gasteiger partial charge in [-0.05, 0) is 23.8 Å². The SMILES string of the molecule is O=CC=C(c1ccccc1)c1ccco1. The third-order valence-corrected chi connectivity index (χ3v) is 2.11. The molecule has 2 nitrogen and oxygen atoms in total. The monoisotopic (exact) mass is 198 g/mol. The average molecular weight is 198 g/mol. The van der Waals surface area contributed by atoms with E-state index in [0.29, 0.717) is 5.76 Å². The molecule has 0 unspecified atom stereocenters. The van der Waals surface area contributed by atoms with Gasteiger partial charge in [0.1, 0.15) is 12.0 Å². The zero-order valence-electron chi connectivity index (χ0n) is 8.09. The summed E-state index contributed by atoms with van der Waals surface area (Å²) in [7, 11) is 0. The van der Waals surface area contributed by atoms with E-state index in [2.05, 4.69) is 0 Å². The standard InChI is InChI=1S/C13H10O2/c14-9-8-12(13-7-4-10-15-13)11-5-2-1-3-6-11/h1-10H. The third kappa shape index (κ3) is 2.05. The van der Waals surface area contributed by atoms with E-state index in [4.69, 9.17) is 4.42 Å². The van der Waals surface area contributed by atoms with E-state index in [1.165, 1.54) is 6.08 Å². The number of rotatable bonds is 3. The Morgan fingerprint density at radius 3 is 2.47 bits per heavy atom. The molecule has 0 spiro atoms. The van der Waals surface area contributed by atoms with Crippen molar-refractivity contribution in [3.05, 3.63) is 66.1 Å². The van der Waals surface area contributed by atoms with Crippen LogP contribution in [0, 0.1) is 0 Å². The summed E-state index contributed by atoms with van der Waals surface area (Å²) in [5, 5.41) is 0. The molecule has 1 aromatic heterocycles. The Balaban J connectivity index is 2.47. The fourth-order valence-electron chi connectivity index (χ4n) is 1.44. The fraction of sp³-hybridized carbons (Fsp3) is 0. The van der Waals surface area contributed by atoms with Crippen molar-refractivity contribution in [2.24, 2.45) is 0 Å². The lowest BCUT2D eigenvalue weighted by Crippen LogP contribution is -1.85. The van der Waals surface area contributed by atoms with Gasteiger partial charge < -0.3 is 4.42 Å². The Morgan fingerprint density at radius 1 is 1.07 bits per heavy atom. The van der Waals surface area contributed by atoms with E-state index >= 15 is 0 Å². The maximum absolute atomic E-state index is 10.6. The van der Waals surface area contributed by atoms with Gasteiger partial charge in [-0.1, -0.05) is 30.3 Å². The molecule has 74 valence electrons. The van der Waals surface area contributed by atoms with E-state index < -0.39 is 0 Å². The molecule has 0 bridgehead atoms. The number of hydrogen-bond acceptors (Lipinski definition) is 2. The van der Waals surface area contributed by atoms with E-state index in [0.717, 1.165) is 17.4 Å². The topological polar surface area (TPSA) is 30.2 Å². The van der Waals surface area contributed by atoms with Crippen LogP contribution in [-0.4, -0.2) is 6.29 Å². The Morgan fingerprint density at radius 2 is 1.87 bits per heavy atom. The van der Waals surface area contributed by atoms with Gasteiger partial charge in [0.2, 0.25) is 0 Å². The van der Waals surface area contributed by atoms with E-state index in [1.54, 1.807) is 12.3 Å². The molecule has 0 aliphatic rings. The summed E-state index contributed by atoms with van der Waals surface area (Å²) in [6.07, 6.45) is 3.87. The first-order valence-corrected chi connectivity index (χ1v) is 4.66. The lowest BCUT2D eigenvalue weighted by Gasteiger charge is -2.02. The van der Waals surface area contributed by atoms with Crippen LogP contribution in [-0.2, 0) is 4.79 Å². The van der Waals surface area contributed by atoms with Gasteiger partial charge in [-0.15, -0.1) is 0 Å². The van der Waals surface area contributed by atoms with Crippen LogP contribution in [0.1, 0.15) is 11.3 Å². The Kier molecular flexibility index (Phi) is 2.79. The molecule has 0 atom stereocenters. The first kappa shape index (κ1) is 9.46. The lowest BCUT2D eigenvalue weighted by molar-refractivity contribution is -0.104. The van der Waals surface area contributed by atoms with Gasteiger partial charge in [0, 0.05) is 5.57 Å². The molecule has 0 amide bonds. The Labute approximate surface area is 87.8 Å². The number of benzene rings is 1. The van der Waals surface area contributed by atoms with Gasteiger partial charge >= 0.3 is 0 Å². The molecule has 0 aliphatic carbocycles. The van der Waals surface area contributed by atoms with Crippen LogP contribution in [0.15, 0.2) is 59.2 Å². The molecule has 15 heavy (non-hydrogen) atoms. The van der Waals surface area contributed by atoms with Crippen molar-refractivity contribution in [3.8, 4) is 0 Å². The summed E-state index contributed by atoms with van der Waals surface area (Å²) in [6, 6.07) is 13.3. The van der Waals surface area contributed by atoms with Crippen molar-refractivity contribution in [2.45, 2.75) is 0 Å². The predicted molar refractivity (Wildman–Crippen MR) is 58.3 cm³/mol.